The van der Waals surface area contributed by atoms with Crippen LogP contribution in [0.5, 0.6) is 5.75 Å². The van der Waals surface area contributed by atoms with Gasteiger partial charge in [-0.2, -0.15) is 0 Å². The van der Waals surface area contributed by atoms with E-state index in [0.717, 1.165) is 25.5 Å². The molecule has 0 saturated heterocycles. The van der Waals surface area contributed by atoms with Crippen LogP contribution in [0, 0.1) is 10.5 Å². The summed E-state index contributed by atoms with van der Waals surface area (Å²) in [6.45, 7) is 5.30. The van der Waals surface area contributed by atoms with Crippen molar-refractivity contribution < 1.29 is 24.2 Å². The molecular weight excluding hydrogens is 733 g/mol. The zero-order valence-corrected chi connectivity index (χ0v) is 29.9. The van der Waals surface area contributed by atoms with Gasteiger partial charge in [-0.05, 0) is 94.1 Å². The highest BCUT2D eigenvalue weighted by Crippen LogP contribution is 2.25. The number of nitrogens with one attached hydrogen (secondary N) is 2. The van der Waals surface area contributed by atoms with Crippen molar-refractivity contribution in [3.63, 3.8) is 0 Å². The van der Waals surface area contributed by atoms with Crippen LogP contribution in [0.25, 0.3) is 10.8 Å². The van der Waals surface area contributed by atoms with Gasteiger partial charge in [0.2, 0.25) is 11.8 Å². The Morgan fingerprint density at radius 3 is 2.18 bits per heavy atom. The van der Waals surface area contributed by atoms with Crippen molar-refractivity contribution in [2.24, 2.45) is 0 Å². The van der Waals surface area contributed by atoms with Crippen molar-refractivity contribution in [1.82, 2.24) is 9.88 Å². The van der Waals surface area contributed by atoms with E-state index in [0.29, 0.717) is 22.4 Å². The van der Waals surface area contributed by atoms with E-state index in [2.05, 4.69) is 33.2 Å². The van der Waals surface area contributed by atoms with Gasteiger partial charge in [0.1, 0.15) is 17.5 Å². The third-order valence-corrected chi connectivity index (χ3v) is 9.81. The molecule has 0 aliphatic rings. The largest absolute Gasteiger partial charge is 0.497 e. The minimum atomic E-state index is -1.10. The summed E-state index contributed by atoms with van der Waals surface area (Å²) in [5.74, 6) is -1.14. The molecule has 10 heteroatoms. The molecule has 0 spiro atoms. The number of fused-ring (bicyclic) bond motifs is 1. The average molecular weight is 772 g/mol. The van der Waals surface area contributed by atoms with Crippen LogP contribution in [0.1, 0.15) is 41.7 Å². The highest BCUT2D eigenvalue weighted by Gasteiger charge is 2.30. The Morgan fingerprint density at radius 2 is 1.53 bits per heavy atom. The van der Waals surface area contributed by atoms with Gasteiger partial charge in [0.25, 0.3) is 5.56 Å². The van der Waals surface area contributed by atoms with E-state index < -0.39 is 23.3 Å². The second-order valence-corrected chi connectivity index (χ2v) is 13.7. The summed E-state index contributed by atoms with van der Waals surface area (Å²) in [6, 6.07) is 27.0. The van der Waals surface area contributed by atoms with E-state index in [9.17, 15) is 24.3 Å². The van der Waals surface area contributed by atoms with E-state index in [1.807, 2.05) is 66.7 Å². The zero-order chi connectivity index (χ0) is 35.3. The zero-order valence-electron chi connectivity index (χ0n) is 27.7. The molecule has 4 aromatic carbocycles. The predicted octanol–water partition coefficient (Wildman–Crippen LogP) is 6.24. The normalized spacial score (nSPS) is 11.9. The Hall–Kier alpha value is -4.97. The summed E-state index contributed by atoms with van der Waals surface area (Å²) >= 11 is 2.14. The maximum absolute atomic E-state index is 14.0. The molecule has 3 N–H and O–H groups in total. The summed E-state index contributed by atoms with van der Waals surface area (Å²) in [6.07, 6.45) is 1.92. The van der Waals surface area contributed by atoms with Crippen molar-refractivity contribution >= 4 is 56.8 Å². The SMILES string of the molecule is COc1ccc(Cn2cc(I)c(C)c(NC(=O)[C@@H](Cc3ccc(C(C)(C)C(=O)O)cc3)NC(=O)Cc3ccc4ccccc4c3)c2=O)cc1. The molecule has 49 heavy (non-hydrogen) atoms. The summed E-state index contributed by atoms with van der Waals surface area (Å²) in [4.78, 5) is 52.9. The Bertz CT molecular complexity index is 2070. The third-order valence-electron chi connectivity index (χ3n) is 8.72. The van der Waals surface area contributed by atoms with Crippen molar-refractivity contribution in [3.8, 4) is 5.75 Å². The van der Waals surface area contributed by atoms with Crippen LogP contribution in [0.2, 0.25) is 0 Å². The maximum Gasteiger partial charge on any atom is 0.313 e. The number of ether oxygens (including phenoxy) is 1. The molecule has 0 radical (unpaired) electrons. The quantitative estimate of drug-likeness (QED) is 0.129. The number of hydrogen-bond donors (Lipinski definition) is 3. The van der Waals surface area contributed by atoms with E-state index >= 15 is 0 Å². The topological polar surface area (TPSA) is 127 Å². The molecule has 1 aromatic heterocycles. The lowest BCUT2D eigenvalue weighted by Gasteiger charge is -2.22. The number of rotatable bonds is 12. The lowest BCUT2D eigenvalue weighted by molar-refractivity contribution is -0.142. The number of hydrogen-bond acceptors (Lipinski definition) is 5. The molecule has 252 valence electrons. The fourth-order valence-electron chi connectivity index (χ4n) is 5.52. The second kappa shape index (κ2) is 15.1. The monoisotopic (exact) mass is 771 g/mol. The molecule has 0 fully saturated rings. The standard InChI is InChI=1S/C39H38IN3O6/c1-24-32(40)23-43(22-26-12-17-31(49-4)18-13-26)37(46)35(24)42-36(45)33(20-25-10-15-30(16-11-25)39(2,3)38(47)48)41-34(44)21-27-9-14-28-7-5-6-8-29(28)19-27/h5-19,23,33H,20-22H2,1-4H3,(H,41,44)(H,42,45)(H,47,48)/t33-/m1/s1. The van der Waals surface area contributed by atoms with E-state index in [1.165, 1.54) is 0 Å². The summed E-state index contributed by atoms with van der Waals surface area (Å²) in [5.41, 5.74) is 2.28. The van der Waals surface area contributed by atoms with Crippen molar-refractivity contribution in [2.45, 2.75) is 51.6 Å². The van der Waals surface area contributed by atoms with Gasteiger partial charge in [-0.25, -0.2) is 0 Å². The van der Waals surface area contributed by atoms with Gasteiger partial charge in [-0.3, -0.25) is 19.2 Å². The molecule has 1 heterocycles. The first-order valence-corrected chi connectivity index (χ1v) is 16.9. The molecule has 0 unspecified atom stereocenters. The van der Waals surface area contributed by atoms with Crippen molar-refractivity contribution in [3.05, 3.63) is 139 Å². The number of nitrogens with zero attached hydrogens (tertiary/aromatic N) is 1. The number of aromatic nitrogens is 1. The first-order valence-electron chi connectivity index (χ1n) is 15.8. The lowest BCUT2D eigenvalue weighted by Crippen LogP contribution is -2.46. The Kier molecular flexibility index (Phi) is 10.9. The number of carboxylic acid groups (broad SMARTS) is 1. The predicted molar refractivity (Wildman–Crippen MR) is 199 cm³/mol. The third kappa shape index (κ3) is 8.37. The molecule has 5 rings (SSSR count). The smallest absolute Gasteiger partial charge is 0.313 e. The highest BCUT2D eigenvalue weighted by atomic mass is 127. The van der Waals surface area contributed by atoms with Gasteiger partial charge in [-0.15, -0.1) is 0 Å². The van der Waals surface area contributed by atoms with Crippen LogP contribution < -0.4 is 20.9 Å². The second-order valence-electron chi connectivity index (χ2n) is 12.6. The van der Waals surface area contributed by atoms with Crippen LogP contribution in [0.15, 0.2) is 102 Å². The van der Waals surface area contributed by atoms with Crippen LogP contribution in [-0.2, 0) is 39.2 Å². The van der Waals surface area contributed by atoms with Crippen LogP contribution in [-0.4, -0.2) is 40.6 Å². The lowest BCUT2D eigenvalue weighted by atomic mass is 9.84. The van der Waals surface area contributed by atoms with E-state index in [4.69, 9.17) is 4.74 Å². The fraction of sp³-hybridized carbons (Fsp3) is 0.231. The maximum atomic E-state index is 14.0. The van der Waals surface area contributed by atoms with Crippen molar-refractivity contribution in [1.29, 1.82) is 0 Å². The molecule has 1 atom stereocenters. The van der Waals surface area contributed by atoms with Gasteiger partial charge in [0.05, 0.1) is 25.5 Å². The first kappa shape index (κ1) is 35.3. The number of pyridine rings is 1. The number of methoxy groups -OCH3 is 1. The van der Waals surface area contributed by atoms with Crippen LogP contribution >= 0.6 is 22.6 Å². The number of halogens is 1. The molecule has 5 aromatic rings. The van der Waals surface area contributed by atoms with E-state index in [-0.39, 0.29) is 36.5 Å². The summed E-state index contributed by atoms with van der Waals surface area (Å²) in [7, 11) is 1.59. The van der Waals surface area contributed by atoms with Gasteiger partial charge >= 0.3 is 5.97 Å². The number of anilines is 1. The molecule has 0 aliphatic carbocycles. The first-order chi connectivity index (χ1) is 23.3. The molecule has 9 nitrogen and oxygen atoms in total. The minimum Gasteiger partial charge on any atom is -0.497 e. The molecule has 0 saturated carbocycles. The minimum absolute atomic E-state index is 0.0529. The van der Waals surface area contributed by atoms with Gasteiger partial charge in [-0.1, -0.05) is 78.9 Å². The number of aliphatic carboxylic acids is 1. The molecule has 0 bridgehead atoms. The van der Waals surface area contributed by atoms with Crippen LogP contribution in [0.3, 0.4) is 0 Å². The van der Waals surface area contributed by atoms with Gasteiger partial charge in [0, 0.05) is 16.2 Å². The van der Waals surface area contributed by atoms with Gasteiger partial charge < -0.3 is 25.0 Å². The number of carbonyl (C=O) groups excluding carboxylic acids is 2. The van der Waals surface area contributed by atoms with E-state index in [1.54, 1.807) is 62.9 Å². The Balaban J connectivity index is 1.41. The average Bonchev–Trinajstić information content (AvgIpc) is 3.09. The van der Waals surface area contributed by atoms with Crippen LogP contribution in [0.4, 0.5) is 5.69 Å². The van der Waals surface area contributed by atoms with Gasteiger partial charge in [0.15, 0.2) is 0 Å². The number of carbonyl (C=O) groups is 3. The number of benzene rings is 4. The highest BCUT2D eigenvalue weighted by molar-refractivity contribution is 14.1. The Morgan fingerprint density at radius 1 is 0.898 bits per heavy atom. The molecule has 2 amide bonds. The molecular formula is C39H38IN3O6. The Labute approximate surface area is 298 Å². The molecule has 0 aliphatic heterocycles. The number of carboxylic acids is 1. The summed E-state index contributed by atoms with van der Waals surface area (Å²) in [5, 5.41) is 17.5. The van der Waals surface area contributed by atoms with Crippen molar-refractivity contribution in [2.75, 3.05) is 12.4 Å². The summed E-state index contributed by atoms with van der Waals surface area (Å²) < 4.78 is 7.57. The fourth-order valence-corrected chi connectivity index (χ4v) is 6.13. The number of amides is 2.